The van der Waals surface area contributed by atoms with E-state index in [4.69, 9.17) is 11.6 Å². The second-order valence-electron chi connectivity index (χ2n) is 3.11. The number of hydrogen-bond donors (Lipinski definition) is 0. The molecule has 1 fully saturated rings. The fourth-order valence-corrected chi connectivity index (χ4v) is 1.89. The number of piperidine rings is 1. The van der Waals surface area contributed by atoms with Crippen LogP contribution in [0.15, 0.2) is 0 Å². The van der Waals surface area contributed by atoms with E-state index >= 15 is 0 Å². The van der Waals surface area contributed by atoms with Crippen molar-refractivity contribution in [1.29, 1.82) is 0 Å². The first kappa shape index (κ1) is 8.35. The summed E-state index contributed by atoms with van der Waals surface area (Å²) in [7, 11) is 2.20. The van der Waals surface area contributed by atoms with Gasteiger partial charge in [-0.15, -0.1) is 11.6 Å². The smallest absolute Gasteiger partial charge is 0.0238 e. The maximum Gasteiger partial charge on any atom is 0.0238 e. The van der Waals surface area contributed by atoms with Crippen LogP contribution in [-0.4, -0.2) is 30.4 Å². The van der Waals surface area contributed by atoms with Crippen molar-refractivity contribution in [2.45, 2.75) is 31.7 Å². The van der Waals surface area contributed by atoms with Crippen molar-refractivity contribution in [2.24, 2.45) is 0 Å². The molecule has 0 N–H and O–H groups in total. The third kappa shape index (κ3) is 2.14. The molecular weight excluding hydrogens is 146 g/mol. The largest absolute Gasteiger partial charge is 0.303 e. The van der Waals surface area contributed by atoms with Gasteiger partial charge in [0.15, 0.2) is 0 Å². The quantitative estimate of drug-likeness (QED) is 0.561. The van der Waals surface area contributed by atoms with Crippen LogP contribution >= 0.6 is 11.6 Å². The van der Waals surface area contributed by atoms with Crippen molar-refractivity contribution >= 4 is 11.6 Å². The van der Waals surface area contributed by atoms with Crippen molar-refractivity contribution in [3.05, 3.63) is 0 Å². The number of nitrogens with zero attached hydrogens (tertiary/aromatic N) is 1. The molecule has 0 spiro atoms. The Bertz CT molecular complexity index is 93.3. The van der Waals surface area contributed by atoms with Gasteiger partial charge < -0.3 is 4.90 Å². The third-order valence-corrected chi connectivity index (χ3v) is 2.58. The van der Waals surface area contributed by atoms with Crippen LogP contribution in [0.25, 0.3) is 0 Å². The first-order chi connectivity index (χ1) is 4.84. The van der Waals surface area contributed by atoms with E-state index in [-0.39, 0.29) is 0 Å². The highest BCUT2D eigenvalue weighted by molar-refractivity contribution is 6.17. The van der Waals surface area contributed by atoms with Gasteiger partial charge in [-0.25, -0.2) is 0 Å². The lowest BCUT2D eigenvalue weighted by molar-refractivity contribution is 0.182. The van der Waals surface area contributed by atoms with Crippen LogP contribution in [0.3, 0.4) is 0 Å². The molecule has 1 aliphatic rings. The van der Waals surface area contributed by atoms with Crippen LogP contribution in [0.1, 0.15) is 25.7 Å². The monoisotopic (exact) mass is 161 g/mol. The Labute approximate surface area is 68.4 Å². The van der Waals surface area contributed by atoms with Gasteiger partial charge in [0.2, 0.25) is 0 Å². The van der Waals surface area contributed by atoms with Crippen molar-refractivity contribution in [2.75, 3.05) is 19.5 Å². The standard InChI is InChI=1S/C8H16ClN/c1-10-7-3-2-4-8(10)5-6-9/h8H,2-7H2,1H3/t8-/m1/s1. The second kappa shape index (κ2) is 4.20. The molecule has 1 heterocycles. The highest BCUT2D eigenvalue weighted by Crippen LogP contribution is 2.17. The van der Waals surface area contributed by atoms with Crippen molar-refractivity contribution in [3.8, 4) is 0 Å². The summed E-state index contributed by atoms with van der Waals surface area (Å²) >= 11 is 5.67. The van der Waals surface area contributed by atoms with E-state index in [1.807, 2.05) is 0 Å². The minimum Gasteiger partial charge on any atom is -0.303 e. The van der Waals surface area contributed by atoms with E-state index in [0.717, 1.165) is 18.3 Å². The summed E-state index contributed by atoms with van der Waals surface area (Å²) < 4.78 is 0. The number of halogens is 1. The van der Waals surface area contributed by atoms with Crippen LogP contribution in [0.4, 0.5) is 0 Å². The molecule has 10 heavy (non-hydrogen) atoms. The second-order valence-corrected chi connectivity index (χ2v) is 3.49. The molecule has 0 amide bonds. The third-order valence-electron chi connectivity index (χ3n) is 2.36. The summed E-state index contributed by atoms with van der Waals surface area (Å²) in [5.74, 6) is 0.814. The van der Waals surface area contributed by atoms with E-state index in [9.17, 15) is 0 Å². The molecule has 0 aromatic carbocycles. The number of alkyl halides is 1. The van der Waals surface area contributed by atoms with Crippen LogP contribution in [0.2, 0.25) is 0 Å². The molecule has 2 heteroatoms. The molecular formula is C8H16ClN. The molecule has 0 aromatic rings. The maximum atomic E-state index is 5.67. The zero-order chi connectivity index (χ0) is 7.40. The van der Waals surface area contributed by atoms with Crippen LogP contribution in [-0.2, 0) is 0 Å². The summed E-state index contributed by atoms with van der Waals surface area (Å²) in [6.45, 7) is 1.27. The van der Waals surface area contributed by atoms with Crippen LogP contribution in [0.5, 0.6) is 0 Å². The topological polar surface area (TPSA) is 3.24 Å². The molecule has 0 bridgehead atoms. The zero-order valence-corrected chi connectivity index (χ0v) is 7.40. The van der Waals surface area contributed by atoms with E-state index in [0.29, 0.717) is 0 Å². The van der Waals surface area contributed by atoms with Crippen LogP contribution in [0, 0.1) is 0 Å². The summed E-state index contributed by atoms with van der Waals surface area (Å²) in [5, 5.41) is 0. The Morgan fingerprint density at radius 1 is 1.50 bits per heavy atom. The lowest BCUT2D eigenvalue weighted by Crippen LogP contribution is -2.36. The van der Waals surface area contributed by atoms with E-state index in [1.54, 1.807) is 0 Å². The first-order valence-electron chi connectivity index (χ1n) is 4.11. The van der Waals surface area contributed by atoms with Gasteiger partial charge >= 0.3 is 0 Å². The van der Waals surface area contributed by atoms with Gasteiger partial charge in [0, 0.05) is 11.9 Å². The zero-order valence-electron chi connectivity index (χ0n) is 6.65. The number of hydrogen-bond acceptors (Lipinski definition) is 1. The Balaban J connectivity index is 2.25. The van der Waals surface area contributed by atoms with E-state index < -0.39 is 0 Å². The Kier molecular flexibility index (Phi) is 3.50. The minimum atomic E-state index is 0.770. The molecule has 0 aliphatic carbocycles. The molecule has 0 saturated carbocycles. The molecule has 60 valence electrons. The van der Waals surface area contributed by atoms with Gasteiger partial charge in [0.25, 0.3) is 0 Å². The Morgan fingerprint density at radius 2 is 2.30 bits per heavy atom. The van der Waals surface area contributed by atoms with E-state index in [2.05, 4.69) is 11.9 Å². The van der Waals surface area contributed by atoms with Crippen molar-refractivity contribution < 1.29 is 0 Å². The van der Waals surface area contributed by atoms with E-state index in [1.165, 1.54) is 25.8 Å². The number of rotatable bonds is 2. The predicted molar refractivity (Wildman–Crippen MR) is 45.6 cm³/mol. The molecule has 1 nitrogen and oxygen atoms in total. The lowest BCUT2D eigenvalue weighted by Gasteiger charge is -2.31. The van der Waals surface area contributed by atoms with Gasteiger partial charge in [0.05, 0.1) is 0 Å². The molecule has 1 rings (SSSR count). The van der Waals surface area contributed by atoms with Gasteiger partial charge in [0.1, 0.15) is 0 Å². The van der Waals surface area contributed by atoms with Gasteiger partial charge in [-0.3, -0.25) is 0 Å². The summed E-state index contributed by atoms with van der Waals surface area (Å²) in [6, 6.07) is 0.770. The van der Waals surface area contributed by atoms with Gasteiger partial charge in [-0.1, -0.05) is 6.42 Å². The molecule has 0 unspecified atom stereocenters. The normalized spacial score (nSPS) is 28.8. The SMILES string of the molecule is CN1CCCC[C@@H]1CCCl. The summed E-state index contributed by atoms with van der Waals surface area (Å²) in [5.41, 5.74) is 0. The highest BCUT2D eigenvalue weighted by atomic mass is 35.5. The molecule has 1 atom stereocenters. The summed E-state index contributed by atoms with van der Waals surface area (Å²) in [4.78, 5) is 2.44. The molecule has 0 aromatic heterocycles. The minimum absolute atomic E-state index is 0.770. The first-order valence-corrected chi connectivity index (χ1v) is 4.64. The average molecular weight is 162 g/mol. The van der Waals surface area contributed by atoms with Crippen molar-refractivity contribution in [1.82, 2.24) is 4.90 Å². The number of likely N-dealkylation sites (tertiary alicyclic amines) is 1. The van der Waals surface area contributed by atoms with Crippen molar-refractivity contribution in [3.63, 3.8) is 0 Å². The average Bonchev–Trinajstić information content (AvgIpc) is 1.94. The molecule has 0 radical (unpaired) electrons. The highest BCUT2D eigenvalue weighted by Gasteiger charge is 2.17. The fourth-order valence-electron chi connectivity index (χ4n) is 1.63. The predicted octanol–water partition coefficient (Wildman–Crippen LogP) is 2.10. The van der Waals surface area contributed by atoms with Crippen LogP contribution < -0.4 is 0 Å². The summed E-state index contributed by atoms with van der Waals surface area (Å²) in [6.07, 6.45) is 5.28. The Hall–Kier alpha value is 0.250. The Morgan fingerprint density at radius 3 is 2.90 bits per heavy atom. The molecule has 1 saturated heterocycles. The lowest BCUT2D eigenvalue weighted by atomic mass is 10.0. The maximum absolute atomic E-state index is 5.67. The van der Waals surface area contributed by atoms with Gasteiger partial charge in [-0.2, -0.15) is 0 Å². The van der Waals surface area contributed by atoms with Gasteiger partial charge in [-0.05, 0) is 32.9 Å². The fraction of sp³-hybridized carbons (Fsp3) is 1.00. The molecule has 1 aliphatic heterocycles.